The van der Waals surface area contributed by atoms with Crippen LogP contribution in [0.4, 0.5) is 5.82 Å². The molecule has 0 aliphatic rings. The Kier molecular flexibility index (Phi) is 3.13. The highest BCUT2D eigenvalue weighted by atomic mass is 15.3. The lowest BCUT2D eigenvalue weighted by molar-refractivity contribution is 0.936. The minimum atomic E-state index is -0.0119. The van der Waals surface area contributed by atoms with Crippen LogP contribution in [0.3, 0.4) is 0 Å². The first-order chi connectivity index (χ1) is 9.77. The summed E-state index contributed by atoms with van der Waals surface area (Å²) in [5, 5.41) is 0. The smallest absolute Gasteiger partial charge is 0.146 e. The highest BCUT2D eigenvalue weighted by molar-refractivity contribution is 5.49. The molecule has 2 aromatic carbocycles. The van der Waals surface area contributed by atoms with Crippen molar-refractivity contribution in [3.63, 3.8) is 0 Å². The number of hydrogen-bond donors (Lipinski definition) is 2. The summed E-state index contributed by atoms with van der Waals surface area (Å²) in [6, 6.07) is 20.4. The molecule has 0 bridgehead atoms. The Hall–Kier alpha value is -2.75. The third-order valence-corrected chi connectivity index (χ3v) is 3.40. The molecule has 3 aromatic rings. The van der Waals surface area contributed by atoms with Gasteiger partial charge in [-0.2, -0.15) is 0 Å². The number of rotatable bonds is 3. The van der Waals surface area contributed by atoms with Gasteiger partial charge in [0.15, 0.2) is 0 Å². The Morgan fingerprint density at radius 3 is 1.75 bits per heavy atom. The summed E-state index contributed by atoms with van der Waals surface area (Å²) in [6.07, 6.45) is 1.55. The molecule has 4 N–H and O–H groups in total. The molecular formula is C16H16N4. The molecule has 1 aromatic heterocycles. The minimum absolute atomic E-state index is 0.0119. The summed E-state index contributed by atoms with van der Waals surface area (Å²) in [5.41, 5.74) is 9.12. The lowest BCUT2D eigenvalue weighted by Gasteiger charge is -2.17. The third kappa shape index (κ3) is 2.12. The van der Waals surface area contributed by atoms with Crippen LogP contribution in [0, 0.1) is 0 Å². The van der Waals surface area contributed by atoms with Gasteiger partial charge in [-0.1, -0.05) is 60.7 Å². The maximum Gasteiger partial charge on any atom is 0.146 e. The van der Waals surface area contributed by atoms with Gasteiger partial charge in [-0.25, -0.2) is 9.66 Å². The van der Waals surface area contributed by atoms with Crippen LogP contribution in [0.25, 0.3) is 0 Å². The third-order valence-electron chi connectivity index (χ3n) is 3.40. The average Bonchev–Trinajstić information content (AvgIpc) is 2.82. The Bertz CT molecular complexity index is 650. The molecular weight excluding hydrogens is 248 g/mol. The number of hydrogen-bond acceptors (Lipinski definition) is 3. The van der Waals surface area contributed by atoms with E-state index >= 15 is 0 Å². The van der Waals surface area contributed by atoms with Crippen LogP contribution >= 0.6 is 0 Å². The molecule has 4 heteroatoms. The van der Waals surface area contributed by atoms with E-state index in [0.29, 0.717) is 5.82 Å². The van der Waals surface area contributed by atoms with E-state index in [9.17, 15) is 0 Å². The first-order valence-electron chi connectivity index (χ1n) is 6.45. The summed E-state index contributed by atoms with van der Waals surface area (Å²) in [5.74, 6) is 6.24. The van der Waals surface area contributed by atoms with Crippen molar-refractivity contribution < 1.29 is 0 Å². The quantitative estimate of drug-likeness (QED) is 0.713. The number of aromatic nitrogens is 2. The largest absolute Gasteiger partial charge is 0.382 e. The molecule has 0 amide bonds. The van der Waals surface area contributed by atoms with E-state index in [-0.39, 0.29) is 5.92 Å². The van der Waals surface area contributed by atoms with Gasteiger partial charge in [0, 0.05) is 0 Å². The van der Waals surface area contributed by atoms with Crippen molar-refractivity contribution in [2.24, 2.45) is 0 Å². The van der Waals surface area contributed by atoms with Crippen LogP contribution in [-0.2, 0) is 0 Å². The van der Waals surface area contributed by atoms with E-state index in [1.54, 1.807) is 6.33 Å². The van der Waals surface area contributed by atoms with Crippen molar-refractivity contribution in [3.05, 3.63) is 83.8 Å². The Balaban J connectivity index is 2.17. The van der Waals surface area contributed by atoms with Gasteiger partial charge in [0.2, 0.25) is 0 Å². The van der Waals surface area contributed by atoms with Crippen molar-refractivity contribution in [2.75, 3.05) is 11.6 Å². The Morgan fingerprint density at radius 1 is 0.850 bits per heavy atom. The number of nitrogen functional groups attached to an aromatic ring is 2. The number of nitrogens with zero attached hydrogens (tertiary/aromatic N) is 2. The van der Waals surface area contributed by atoms with Gasteiger partial charge in [0.25, 0.3) is 0 Å². The topological polar surface area (TPSA) is 69.9 Å². The van der Waals surface area contributed by atoms with Gasteiger partial charge in [0.05, 0.1) is 11.6 Å². The van der Waals surface area contributed by atoms with Gasteiger partial charge in [-0.15, -0.1) is 0 Å². The van der Waals surface area contributed by atoms with Crippen molar-refractivity contribution in [3.8, 4) is 0 Å². The van der Waals surface area contributed by atoms with Gasteiger partial charge < -0.3 is 11.6 Å². The molecule has 20 heavy (non-hydrogen) atoms. The summed E-state index contributed by atoms with van der Waals surface area (Å²) in [4.78, 5) is 4.38. The average molecular weight is 264 g/mol. The zero-order valence-corrected chi connectivity index (χ0v) is 11.0. The summed E-state index contributed by atoms with van der Waals surface area (Å²) in [6.45, 7) is 0. The number of anilines is 1. The van der Waals surface area contributed by atoms with Crippen LogP contribution in [0.1, 0.15) is 22.7 Å². The fourth-order valence-corrected chi connectivity index (χ4v) is 2.41. The Labute approximate surface area is 117 Å². The predicted molar refractivity (Wildman–Crippen MR) is 80.6 cm³/mol. The first-order valence-corrected chi connectivity index (χ1v) is 6.45. The van der Waals surface area contributed by atoms with Crippen LogP contribution in [0.15, 0.2) is 67.0 Å². The van der Waals surface area contributed by atoms with Gasteiger partial charge in [-0.05, 0) is 11.1 Å². The van der Waals surface area contributed by atoms with E-state index in [1.807, 2.05) is 36.4 Å². The molecule has 3 rings (SSSR count). The molecule has 0 radical (unpaired) electrons. The summed E-state index contributed by atoms with van der Waals surface area (Å²) < 4.78 is 1.36. The predicted octanol–water partition coefficient (Wildman–Crippen LogP) is 2.36. The van der Waals surface area contributed by atoms with E-state index in [0.717, 1.165) is 16.8 Å². The molecule has 100 valence electrons. The highest BCUT2D eigenvalue weighted by Crippen LogP contribution is 2.33. The van der Waals surface area contributed by atoms with Crippen molar-refractivity contribution in [1.29, 1.82) is 0 Å². The van der Waals surface area contributed by atoms with E-state index in [1.165, 1.54) is 4.68 Å². The fourth-order valence-electron chi connectivity index (χ4n) is 2.41. The van der Waals surface area contributed by atoms with Crippen LogP contribution in [0.5, 0.6) is 0 Å². The van der Waals surface area contributed by atoms with E-state index < -0.39 is 0 Å². The second kappa shape index (κ2) is 5.09. The second-order valence-corrected chi connectivity index (χ2v) is 4.68. The molecule has 0 aliphatic carbocycles. The standard InChI is InChI=1S/C16H16N4/c17-16-15(19-11-20(16)18)14(12-7-3-1-4-8-12)13-9-5-2-6-10-13/h1-11,14H,17-18H2. The fraction of sp³-hybridized carbons (Fsp3) is 0.0625. The van der Waals surface area contributed by atoms with Gasteiger partial charge >= 0.3 is 0 Å². The maximum absolute atomic E-state index is 6.05. The lowest BCUT2D eigenvalue weighted by atomic mass is 9.88. The monoisotopic (exact) mass is 264 g/mol. The second-order valence-electron chi connectivity index (χ2n) is 4.68. The molecule has 1 heterocycles. The summed E-state index contributed by atoms with van der Waals surface area (Å²) in [7, 11) is 0. The van der Waals surface area contributed by atoms with Crippen LogP contribution in [-0.4, -0.2) is 9.66 Å². The number of nitrogens with two attached hydrogens (primary N) is 2. The normalized spacial score (nSPS) is 10.8. The lowest BCUT2D eigenvalue weighted by Crippen LogP contribution is -2.13. The summed E-state index contributed by atoms with van der Waals surface area (Å²) >= 11 is 0. The molecule has 0 saturated carbocycles. The first kappa shape index (κ1) is 12.3. The molecule has 4 nitrogen and oxygen atoms in total. The molecule has 0 spiro atoms. The number of imidazole rings is 1. The van der Waals surface area contributed by atoms with Crippen LogP contribution < -0.4 is 11.6 Å². The SMILES string of the molecule is Nc1c(C(c2ccccc2)c2ccccc2)ncn1N. The molecule has 0 atom stereocenters. The van der Waals surface area contributed by atoms with Crippen molar-refractivity contribution in [1.82, 2.24) is 9.66 Å². The maximum atomic E-state index is 6.05. The molecule has 0 aliphatic heterocycles. The van der Waals surface area contributed by atoms with Crippen LogP contribution in [0.2, 0.25) is 0 Å². The Morgan fingerprint density at radius 2 is 1.35 bits per heavy atom. The minimum Gasteiger partial charge on any atom is -0.382 e. The highest BCUT2D eigenvalue weighted by Gasteiger charge is 2.22. The van der Waals surface area contributed by atoms with Crippen molar-refractivity contribution >= 4 is 5.82 Å². The molecule has 0 saturated heterocycles. The molecule has 0 unspecified atom stereocenters. The molecule has 0 fully saturated rings. The zero-order valence-electron chi connectivity index (χ0n) is 11.0. The van der Waals surface area contributed by atoms with Gasteiger partial charge in [-0.3, -0.25) is 0 Å². The van der Waals surface area contributed by atoms with E-state index in [2.05, 4.69) is 29.2 Å². The van der Waals surface area contributed by atoms with Gasteiger partial charge in [0.1, 0.15) is 12.1 Å². The zero-order chi connectivity index (χ0) is 13.9. The van der Waals surface area contributed by atoms with E-state index in [4.69, 9.17) is 11.6 Å². The van der Waals surface area contributed by atoms with Crippen molar-refractivity contribution in [2.45, 2.75) is 5.92 Å². The number of benzene rings is 2.